The van der Waals surface area contributed by atoms with Gasteiger partial charge in [0.2, 0.25) is 0 Å². The van der Waals surface area contributed by atoms with Crippen LogP contribution in [0.4, 0.5) is 0 Å². The van der Waals surface area contributed by atoms with E-state index in [-0.39, 0.29) is 5.75 Å². The van der Waals surface area contributed by atoms with E-state index >= 15 is 0 Å². The third-order valence-electron chi connectivity index (χ3n) is 8.16. The molecule has 0 fully saturated rings. The van der Waals surface area contributed by atoms with Crippen LogP contribution in [0.25, 0.3) is 72.3 Å². The first kappa shape index (κ1) is 25.1. The second-order valence-corrected chi connectivity index (χ2v) is 11.1. The van der Waals surface area contributed by atoms with Gasteiger partial charge in [-0.25, -0.2) is 9.97 Å². The zero-order valence-electron chi connectivity index (χ0n) is 23.8. The van der Waals surface area contributed by atoms with Crippen LogP contribution in [0, 0.1) is 13.8 Å². The predicted octanol–water partition coefficient (Wildman–Crippen LogP) is 9.38. The Hall–Kier alpha value is -5.68. The molecule has 0 radical (unpaired) electrons. The number of hydrogen-bond donors (Lipinski definition) is 2. The van der Waals surface area contributed by atoms with Gasteiger partial charge in [-0.15, -0.1) is 0 Å². The summed E-state index contributed by atoms with van der Waals surface area (Å²) in [6.07, 6.45) is 1.97. The summed E-state index contributed by atoms with van der Waals surface area (Å²) in [5.41, 5.74) is 11.7. The summed E-state index contributed by atoms with van der Waals surface area (Å²) in [6.45, 7) is 4.26. The van der Waals surface area contributed by atoms with Crippen LogP contribution < -0.4 is 0 Å². The Labute approximate surface area is 248 Å². The molecule has 43 heavy (non-hydrogen) atoms. The fourth-order valence-electron chi connectivity index (χ4n) is 6.33. The molecule has 0 atom stereocenters. The normalized spacial score (nSPS) is 11.6. The molecular weight excluding hydrogens is 528 g/mol. The number of para-hydroxylation sites is 3. The average Bonchev–Trinajstić information content (AvgIpc) is 3.66. The first-order chi connectivity index (χ1) is 21.0. The molecule has 0 bridgehead atoms. The van der Waals surface area contributed by atoms with E-state index in [0.717, 1.165) is 66.8 Å². The van der Waals surface area contributed by atoms with Gasteiger partial charge < -0.3 is 10.1 Å². The number of pyridine rings is 1. The Morgan fingerprint density at radius 1 is 0.651 bits per heavy atom. The highest BCUT2D eigenvalue weighted by atomic mass is 16.3. The maximum Gasteiger partial charge on any atom is 0.147 e. The lowest BCUT2D eigenvalue weighted by atomic mass is 9.97. The van der Waals surface area contributed by atoms with Gasteiger partial charge >= 0.3 is 0 Å². The minimum absolute atomic E-state index is 0.156. The van der Waals surface area contributed by atoms with Gasteiger partial charge in [-0.3, -0.25) is 4.57 Å². The molecule has 2 N–H and O–H groups in total. The van der Waals surface area contributed by atoms with Crippen molar-refractivity contribution in [3.05, 3.63) is 133 Å². The zero-order chi connectivity index (χ0) is 29.1. The van der Waals surface area contributed by atoms with Crippen LogP contribution in [-0.4, -0.2) is 24.6 Å². The number of imidazole rings is 1. The third kappa shape index (κ3) is 4.09. The summed E-state index contributed by atoms with van der Waals surface area (Å²) in [7, 11) is 0. The predicted molar refractivity (Wildman–Crippen MR) is 176 cm³/mol. The van der Waals surface area contributed by atoms with Gasteiger partial charge in [-0.05, 0) is 78.6 Å². The van der Waals surface area contributed by atoms with Crippen LogP contribution >= 0.6 is 0 Å². The number of aromatic amines is 1. The van der Waals surface area contributed by atoms with Crippen molar-refractivity contribution in [1.29, 1.82) is 0 Å². The molecule has 0 unspecified atom stereocenters. The highest BCUT2D eigenvalue weighted by Crippen LogP contribution is 2.40. The van der Waals surface area contributed by atoms with Crippen LogP contribution in [-0.2, 0) is 0 Å². The van der Waals surface area contributed by atoms with Crippen LogP contribution in [0.15, 0.2) is 121 Å². The highest BCUT2D eigenvalue weighted by molar-refractivity contribution is 6.03. The molecule has 0 saturated carbocycles. The Kier molecular flexibility index (Phi) is 5.66. The van der Waals surface area contributed by atoms with Crippen LogP contribution in [0.2, 0.25) is 0 Å². The molecule has 5 heteroatoms. The van der Waals surface area contributed by atoms with E-state index < -0.39 is 0 Å². The minimum atomic E-state index is 0.156. The molecule has 8 aromatic rings. The summed E-state index contributed by atoms with van der Waals surface area (Å²) < 4.78 is 2.26. The number of nitrogens with one attached hydrogen (secondary N) is 1. The first-order valence-corrected chi connectivity index (χ1v) is 14.4. The number of nitrogens with zero attached hydrogens (tertiary/aromatic N) is 3. The van der Waals surface area contributed by atoms with E-state index in [1.165, 1.54) is 11.1 Å². The number of phenolic OH excluding ortho intramolecular Hbond substituents is 1. The molecule has 0 amide bonds. The van der Waals surface area contributed by atoms with Crippen molar-refractivity contribution in [3.63, 3.8) is 0 Å². The molecule has 5 nitrogen and oxygen atoms in total. The zero-order valence-corrected chi connectivity index (χ0v) is 23.8. The first-order valence-electron chi connectivity index (χ1n) is 14.4. The molecular formula is C38H28N4O. The number of H-pyrrole nitrogens is 1. The minimum Gasteiger partial charge on any atom is -0.506 e. The summed E-state index contributed by atoms with van der Waals surface area (Å²) in [6, 6.07) is 39.2. The van der Waals surface area contributed by atoms with E-state index in [2.05, 4.69) is 102 Å². The third-order valence-corrected chi connectivity index (χ3v) is 8.16. The molecule has 5 aromatic carbocycles. The molecule has 0 aliphatic rings. The highest BCUT2D eigenvalue weighted by Gasteiger charge is 2.21. The molecule has 8 rings (SSSR count). The lowest BCUT2D eigenvalue weighted by Gasteiger charge is -2.13. The van der Waals surface area contributed by atoms with Crippen molar-refractivity contribution in [2.75, 3.05) is 0 Å². The summed E-state index contributed by atoms with van der Waals surface area (Å²) in [5, 5.41) is 13.0. The Balaban J connectivity index is 1.46. The molecule has 206 valence electrons. The molecule has 0 spiro atoms. The number of phenols is 1. The van der Waals surface area contributed by atoms with Gasteiger partial charge in [0.25, 0.3) is 0 Å². The fraction of sp³-hybridized carbons (Fsp3) is 0.0526. The fourth-order valence-corrected chi connectivity index (χ4v) is 6.33. The van der Waals surface area contributed by atoms with Gasteiger partial charge in [0.15, 0.2) is 0 Å². The standard InChI is InChI=1S/C38H28N4O/c1-23-19-24(2)21-27(20-23)42-33-15-7-13-29(36(33)41-38(42)30-14-6-11-26-17-18-39-35(26)30)32-22-31(25-9-4-3-5-10-25)28-12-8-16-34(43)37(28)40-32/h3-22,39,43H,1-2H3. The molecule has 0 saturated heterocycles. The number of aryl methyl sites for hydroxylation is 2. The largest absolute Gasteiger partial charge is 0.506 e. The lowest BCUT2D eigenvalue weighted by molar-refractivity contribution is 0.480. The molecule has 0 aliphatic carbocycles. The van der Waals surface area contributed by atoms with E-state index in [1.807, 2.05) is 36.5 Å². The smallest absolute Gasteiger partial charge is 0.147 e. The second-order valence-electron chi connectivity index (χ2n) is 11.1. The summed E-state index contributed by atoms with van der Waals surface area (Å²) in [4.78, 5) is 13.8. The van der Waals surface area contributed by atoms with Gasteiger partial charge in [0.05, 0.1) is 22.2 Å². The van der Waals surface area contributed by atoms with Crippen molar-refractivity contribution in [3.8, 4) is 45.2 Å². The van der Waals surface area contributed by atoms with Gasteiger partial charge in [0.1, 0.15) is 17.1 Å². The number of rotatable bonds is 4. The lowest BCUT2D eigenvalue weighted by Crippen LogP contribution is -1.99. The van der Waals surface area contributed by atoms with Crippen LogP contribution in [0.5, 0.6) is 5.75 Å². The number of hydrogen-bond acceptors (Lipinski definition) is 3. The van der Waals surface area contributed by atoms with E-state index in [9.17, 15) is 5.11 Å². The summed E-state index contributed by atoms with van der Waals surface area (Å²) in [5.74, 6) is 1.01. The maximum absolute atomic E-state index is 10.9. The number of benzene rings is 5. The van der Waals surface area contributed by atoms with Gasteiger partial charge in [0, 0.05) is 33.8 Å². The Morgan fingerprint density at radius 2 is 1.42 bits per heavy atom. The van der Waals surface area contributed by atoms with Crippen LogP contribution in [0.1, 0.15) is 11.1 Å². The van der Waals surface area contributed by atoms with Crippen molar-refractivity contribution in [2.45, 2.75) is 13.8 Å². The van der Waals surface area contributed by atoms with E-state index in [1.54, 1.807) is 6.07 Å². The SMILES string of the molecule is Cc1cc(C)cc(-n2c(-c3cccc4cc[nH]c34)nc3c(-c4cc(-c5ccccc5)c5cccc(O)c5n4)cccc32)c1. The van der Waals surface area contributed by atoms with E-state index in [0.29, 0.717) is 5.52 Å². The van der Waals surface area contributed by atoms with Gasteiger partial charge in [-0.2, -0.15) is 0 Å². The molecule has 0 aliphatic heterocycles. The maximum atomic E-state index is 10.9. The molecule has 3 aromatic heterocycles. The monoisotopic (exact) mass is 556 g/mol. The summed E-state index contributed by atoms with van der Waals surface area (Å²) >= 11 is 0. The average molecular weight is 557 g/mol. The van der Waals surface area contributed by atoms with Gasteiger partial charge in [-0.1, -0.05) is 72.8 Å². The Morgan fingerprint density at radius 3 is 2.26 bits per heavy atom. The number of fused-ring (bicyclic) bond motifs is 3. The van der Waals surface area contributed by atoms with Crippen LogP contribution in [0.3, 0.4) is 0 Å². The van der Waals surface area contributed by atoms with Crippen molar-refractivity contribution in [2.24, 2.45) is 0 Å². The number of aromatic nitrogens is 4. The van der Waals surface area contributed by atoms with Crippen molar-refractivity contribution in [1.82, 2.24) is 19.5 Å². The van der Waals surface area contributed by atoms with Crippen molar-refractivity contribution < 1.29 is 5.11 Å². The number of aromatic hydroxyl groups is 1. The topological polar surface area (TPSA) is 66.7 Å². The quantitative estimate of drug-likeness (QED) is 0.227. The van der Waals surface area contributed by atoms with Crippen molar-refractivity contribution >= 4 is 32.8 Å². The second kappa shape index (κ2) is 9.71. The molecule has 3 heterocycles. The Bertz CT molecular complexity index is 2310. The van der Waals surface area contributed by atoms with E-state index in [4.69, 9.17) is 9.97 Å².